The maximum atomic E-state index is 11.5. The number of carboxylic acid groups (broad SMARTS) is 1. The van der Waals surface area contributed by atoms with E-state index in [1.807, 2.05) is 32.0 Å². The molecule has 0 saturated carbocycles. The molecule has 1 aromatic carbocycles. The molecule has 0 aliphatic rings. The molecule has 6 heteroatoms. The van der Waals surface area contributed by atoms with Crippen molar-refractivity contribution in [2.75, 3.05) is 13.2 Å². The number of aliphatic hydroxyl groups is 1. The van der Waals surface area contributed by atoms with E-state index in [1.165, 1.54) is 0 Å². The van der Waals surface area contributed by atoms with Crippen molar-refractivity contribution < 1.29 is 24.5 Å². The molecule has 116 valence electrons. The van der Waals surface area contributed by atoms with Crippen LogP contribution in [0.25, 0.3) is 0 Å². The van der Waals surface area contributed by atoms with Crippen LogP contribution in [0.5, 0.6) is 5.75 Å². The number of aliphatic hydroxyl groups excluding tert-OH is 1. The first kappa shape index (κ1) is 17.0. The summed E-state index contributed by atoms with van der Waals surface area (Å²) in [6, 6.07) is 5.83. The van der Waals surface area contributed by atoms with E-state index < -0.39 is 12.1 Å². The molecule has 0 fully saturated rings. The van der Waals surface area contributed by atoms with Crippen LogP contribution in [0.4, 0.5) is 0 Å². The van der Waals surface area contributed by atoms with Gasteiger partial charge in [-0.05, 0) is 37.1 Å². The van der Waals surface area contributed by atoms with Crippen molar-refractivity contribution in [1.82, 2.24) is 5.32 Å². The van der Waals surface area contributed by atoms with Gasteiger partial charge in [0, 0.05) is 13.0 Å². The molecule has 0 aliphatic carbocycles. The molecule has 1 unspecified atom stereocenters. The van der Waals surface area contributed by atoms with E-state index in [4.69, 9.17) is 14.9 Å². The van der Waals surface area contributed by atoms with Crippen molar-refractivity contribution in [3.8, 4) is 5.75 Å². The van der Waals surface area contributed by atoms with E-state index in [2.05, 4.69) is 5.32 Å². The zero-order valence-electron chi connectivity index (χ0n) is 12.3. The molecule has 1 rings (SSSR count). The minimum atomic E-state index is -1.45. The number of nitrogens with one attached hydrogen (secondary N) is 1. The fourth-order valence-electron chi connectivity index (χ4n) is 1.84. The van der Waals surface area contributed by atoms with E-state index in [0.29, 0.717) is 0 Å². The molecule has 3 N–H and O–H groups in total. The van der Waals surface area contributed by atoms with Crippen molar-refractivity contribution in [1.29, 1.82) is 0 Å². The molecule has 0 spiro atoms. The second-order valence-corrected chi connectivity index (χ2v) is 4.91. The van der Waals surface area contributed by atoms with Crippen molar-refractivity contribution in [3.63, 3.8) is 0 Å². The van der Waals surface area contributed by atoms with E-state index in [-0.39, 0.29) is 31.9 Å². The molecule has 0 bridgehead atoms. The highest BCUT2D eigenvalue weighted by Crippen LogP contribution is 2.16. The predicted molar refractivity (Wildman–Crippen MR) is 77.3 cm³/mol. The SMILES string of the molecule is Cc1cc(C)cc(OCCC(=O)NCCC(O)C(=O)O)c1. The molecule has 0 aliphatic heterocycles. The lowest BCUT2D eigenvalue weighted by Gasteiger charge is -2.09. The van der Waals surface area contributed by atoms with Gasteiger partial charge in [0.25, 0.3) is 0 Å². The van der Waals surface area contributed by atoms with Gasteiger partial charge in [-0.3, -0.25) is 4.79 Å². The second-order valence-electron chi connectivity index (χ2n) is 4.91. The molecule has 0 aromatic heterocycles. The average molecular weight is 295 g/mol. The number of rotatable bonds is 8. The first-order valence-electron chi connectivity index (χ1n) is 6.77. The summed E-state index contributed by atoms with van der Waals surface area (Å²) in [6.45, 7) is 4.31. The molecule has 0 saturated heterocycles. The summed E-state index contributed by atoms with van der Waals surface area (Å²) < 4.78 is 5.50. The van der Waals surface area contributed by atoms with Gasteiger partial charge in [-0.15, -0.1) is 0 Å². The van der Waals surface area contributed by atoms with Crippen LogP contribution in [0.2, 0.25) is 0 Å². The van der Waals surface area contributed by atoms with Crippen molar-refractivity contribution in [2.45, 2.75) is 32.8 Å². The van der Waals surface area contributed by atoms with Gasteiger partial charge >= 0.3 is 5.97 Å². The van der Waals surface area contributed by atoms with E-state index in [9.17, 15) is 9.59 Å². The minimum Gasteiger partial charge on any atom is -0.493 e. The third kappa shape index (κ3) is 6.76. The number of aliphatic carboxylic acids is 1. The number of carbonyl (C=O) groups excluding carboxylic acids is 1. The zero-order chi connectivity index (χ0) is 15.8. The van der Waals surface area contributed by atoms with Gasteiger partial charge in [0.05, 0.1) is 13.0 Å². The van der Waals surface area contributed by atoms with Gasteiger partial charge in [0.2, 0.25) is 5.91 Å². The Morgan fingerprint density at radius 1 is 1.24 bits per heavy atom. The van der Waals surface area contributed by atoms with Gasteiger partial charge in [0.15, 0.2) is 6.10 Å². The van der Waals surface area contributed by atoms with Crippen LogP contribution < -0.4 is 10.1 Å². The summed E-state index contributed by atoms with van der Waals surface area (Å²) in [5, 5.41) is 20.1. The Kier molecular flexibility index (Phi) is 6.68. The highest BCUT2D eigenvalue weighted by atomic mass is 16.5. The molecule has 1 amide bonds. The van der Waals surface area contributed by atoms with Crippen LogP contribution in [0, 0.1) is 13.8 Å². The number of ether oxygens (including phenoxy) is 1. The Balaban J connectivity index is 2.23. The lowest BCUT2D eigenvalue weighted by molar-refractivity contribution is -0.147. The molecule has 6 nitrogen and oxygen atoms in total. The Morgan fingerprint density at radius 3 is 2.43 bits per heavy atom. The molecular formula is C15H21NO5. The highest BCUT2D eigenvalue weighted by Gasteiger charge is 2.12. The number of aryl methyl sites for hydroxylation is 2. The lowest BCUT2D eigenvalue weighted by Crippen LogP contribution is -2.30. The van der Waals surface area contributed by atoms with Crippen molar-refractivity contribution in [3.05, 3.63) is 29.3 Å². The van der Waals surface area contributed by atoms with Gasteiger partial charge in [0.1, 0.15) is 5.75 Å². The van der Waals surface area contributed by atoms with Crippen LogP contribution in [-0.2, 0) is 9.59 Å². The quantitative estimate of drug-likeness (QED) is 0.665. The van der Waals surface area contributed by atoms with Crippen LogP contribution >= 0.6 is 0 Å². The van der Waals surface area contributed by atoms with Gasteiger partial charge in [-0.1, -0.05) is 6.07 Å². The summed E-state index contributed by atoms with van der Waals surface area (Å²) in [4.78, 5) is 21.9. The zero-order valence-corrected chi connectivity index (χ0v) is 12.3. The lowest BCUT2D eigenvalue weighted by atomic mass is 10.1. The molecule has 21 heavy (non-hydrogen) atoms. The van der Waals surface area contributed by atoms with E-state index >= 15 is 0 Å². The monoisotopic (exact) mass is 295 g/mol. The Labute approximate surface area is 123 Å². The number of hydrogen-bond acceptors (Lipinski definition) is 4. The standard InChI is InChI=1S/C15H21NO5/c1-10-7-11(2)9-12(8-10)21-6-4-14(18)16-5-3-13(17)15(19)20/h7-9,13,17H,3-6H2,1-2H3,(H,16,18)(H,19,20). The molecule has 1 atom stereocenters. The van der Waals surface area contributed by atoms with Crippen molar-refractivity contribution >= 4 is 11.9 Å². The number of carboxylic acids is 1. The fourth-order valence-corrected chi connectivity index (χ4v) is 1.84. The summed E-state index contributed by atoms with van der Waals surface area (Å²) in [7, 11) is 0. The van der Waals surface area contributed by atoms with Gasteiger partial charge in [-0.2, -0.15) is 0 Å². The van der Waals surface area contributed by atoms with Crippen LogP contribution in [0.3, 0.4) is 0 Å². The van der Waals surface area contributed by atoms with E-state index in [1.54, 1.807) is 0 Å². The summed E-state index contributed by atoms with van der Waals surface area (Å²) in [5.41, 5.74) is 2.19. The summed E-state index contributed by atoms with van der Waals surface area (Å²) in [5.74, 6) is -0.805. The number of carbonyl (C=O) groups is 2. The molecular weight excluding hydrogens is 274 g/mol. The summed E-state index contributed by atoms with van der Waals surface area (Å²) >= 11 is 0. The Morgan fingerprint density at radius 2 is 1.86 bits per heavy atom. The smallest absolute Gasteiger partial charge is 0.332 e. The maximum absolute atomic E-state index is 11.5. The third-order valence-electron chi connectivity index (χ3n) is 2.82. The number of amides is 1. The first-order chi connectivity index (χ1) is 9.88. The second kappa shape index (κ2) is 8.26. The topological polar surface area (TPSA) is 95.9 Å². The predicted octanol–water partition coefficient (Wildman–Crippen LogP) is 1.02. The first-order valence-corrected chi connectivity index (χ1v) is 6.77. The van der Waals surface area contributed by atoms with Crippen LogP contribution in [-0.4, -0.2) is 41.3 Å². The number of hydrogen-bond donors (Lipinski definition) is 3. The average Bonchev–Trinajstić information content (AvgIpc) is 2.37. The normalized spacial score (nSPS) is 11.8. The molecule has 1 aromatic rings. The molecule has 0 heterocycles. The van der Waals surface area contributed by atoms with E-state index in [0.717, 1.165) is 16.9 Å². The van der Waals surface area contributed by atoms with Crippen LogP contribution in [0.15, 0.2) is 18.2 Å². The fraction of sp³-hybridized carbons (Fsp3) is 0.467. The Bertz CT molecular complexity index is 481. The highest BCUT2D eigenvalue weighted by molar-refractivity contribution is 5.76. The van der Waals surface area contributed by atoms with Crippen molar-refractivity contribution in [2.24, 2.45) is 0 Å². The van der Waals surface area contributed by atoms with Gasteiger partial charge in [-0.25, -0.2) is 4.79 Å². The summed E-state index contributed by atoms with van der Waals surface area (Å²) in [6.07, 6.45) is -1.29. The maximum Gasteiger partial charge on any atom is 0.332 e. The molecule has 0 radical (unpaired) electrons. The Hall–Kier alpha value is -2.08. The third-order valence-corrected chi connectivity index (χ3v) is 2.82. The minimum absolute atomic E-state index is 0.0149. The largest absolute Gasteiger partial charge is 0.493 e. The van der Waals surface area contributed by atoms with Gasteiger partial charge < -0.3 is 20.3 Å². The number of benzene rings is 1. The van der Waals surface area contributed by atoms with Crippen LogP contribution in [0.1, 0.15) is 24.0 Å².